The molecule has 1 aromatic rings. The van der Waals surface area contributed by atoms with E-state index in [1.54, 1.807) is 0 Å². The fraction of sp³-hybridized carbons (Fsp3) is 0.562. The highest BCUT2D eigenvalue weighted by molar-refractivity contribution is 6.03. The summed E-state index contributed by atoms with van der Waals surface area (Å²) >= 11 is 0. The van der Waals surface area contributed by atoms with Gasteiger partial charge in [0.1, 0.15) is 6.04 Å². The molecule has 1 aromatic carbocycles. The molecule has 1 fully saturated rings. The van der Waals surface area contributed by atoms with Gasteiger partial charge in [0, 0.05) is 36.1 Å². The molecule has 2 N–H and O–H groups in total. The Balaban J connectivity index is 1.84. The molecule has 2 aliphatic rings. The molecule has 21 heavy (non-hydrogen) atoms. The van der Waals surface area contributed by atoms with Gasteiger partial charge in [-0.2, -0.15) is 0 Å². The zero-order valence-corrected chi connectivity index (χ0v) is 13.0. The summed E-state index contributed by atoms with van der Waals surface area (Å²) in [6.45, 7) is 2.17. The third-order valence-corrected chi connectivity index (χ3v) is 4.44. The molecule has 0 aliphatic carbocycles. The Bertz CT molecular complexity index is 543. The maximum atomic E-state index is 11.9. The molecule has 3 rings (SSSR count). The SMILES string of the molecule is CNC1C(=O)Nc2cc(N3CCCC3CN(C)C)ccc21. The monoisotopic (exact) mass is 288 g/mol. The van der Waals surface area contributed by atoms with E-state index in [2.05, 4.69) is 52.7 Å². The first-order chi connectivity index (χ1) is 10.1. The van der Waals surface area contributed by atoms with Crippen LogP contribution in [0.5, 0.6) is 0 Å². The number of likely N-dealkylation sites (N-methyl/N-ethyl adjacent to an activating group) is 2. The summed E-state index contributed by atoms with van der Waals surface area (Å²) in [6.07, 6.45) is 2.47. The van der Waals surface area contributed by atoms with Crippen molar-refractivity contribution in [1.29, 1.82) is 0 Å². The molecule has 5 nitrogen and oxygen atoms in total. The number of hydrogen-bond donors (Lipinski definition) is 2. The molecule has 114 valence electrons. The van der Waals surface area contributed by atoms with Crippen molar-refractivity contribution in [3.63, 3.8) is 0 Å². The minimum Gasteiger partial charge on any atom is -0.367 e. The molecular formula is C16H24N4O. The Kier molecular flexibility index (Phi) is 3.87. The van der Waals surface area contributed by atoms with E-state index >= 15 is 0 Å². The second-order valence-corrected chi connectivity index (χ2v) is 6.23. The average molecular weight is 288 g/mol. The Morgan fingerprint density at radius 3 is 2.95 bits per heavy atom. The molecular weight excluding hydrogens is 264 g/mol. The van der Waals surface area contributed by atoms with Gasteiger partial charge >= 0.3 is 0 Å². The van der Waals surface area contributed by atoms with Crippen LogP contribution in [-0.2, 0) is 4.79 Å². The fourth-order valence-electron chi connectivity index (χ4n) is 3.50. The summed E-state index contributed by atoms with van der Waals surface area (Å²) in [7, 11) is 6.06. The quantitative estimate of drug-likeness (QED) is 0.880. The van der Waals surface area contributed by atoms with Crippen LogP contribution >= 0.6 is 0 Å². The van der Waals surface area contributed by atoms with Crippen LogP contribution in [0, 0.1) is 0 Å². The summed E-state index contributed by atoms with van der Waals surface area (Å²) in [5.41, 5.74) is 3.22. The normalized spacial score (nSPS) is 24.6. The summed E-state index contributed by atoms with van der Waals surface area (Å²) in [5.74, 6) is 0.0379. The molecule has 2 aliphatic heterocycles. The van der Waals surface area contributed by atoms with Gasteiger partial charge in [0.2, 0.25) is 5.91 Å². The number of rotatable bonds is 4. The lowest BCUT2D eigenvalue weighted by atomic mass is 10.1. The number of carbonyl (C=O) groups is 1. The van der Waals surface area contributed by atoms with Gasteiger partial charge in [-0.05, 0) is 46.1 Å². The van der Waals surface area contributed by atoms with Gasteiger partial charge in [0.15, 0.2) is 0 Å². The van der Waals surface area contributed by atoms with Crippen LogP contribution in [0.2, 0.25) is 0 Å². The molecule has 5 heteroatoms. The lowest BCUT2D eigenvalue weighted by Crippen LogP contribution is -2.37. The van der Waals surface area contributed by atoms with Crippen molar-refractivity contribution in [2.24, 2.45) is 0 Å². The third kappa shape index (κ3) is 2.63. The van der Waals surface area contributed by atoms with Gasteiger partial charge in [-0.15, -0.1) is 0 Å². The van der Waals surface area contributed by atoms with Gasteiger partial charge in [-0.1, -0.05) is 6.07 Å². The first-order valence-electron chi connectivity index (χ1n) is 7.63. The van der Waals surface area contributed by atoms with Crippen LogP contribution in [0.1, 0.15) is 24.4 Å². The zero-order valence-electron chi connectivity index (χ0n) is 13.0. The second kappa shape index (κ2) is 5.66. The van der Waals surface area contributed by atoms with Gasteiger partial charge < -0.3 is 20.4 Å². The van der Waals surface area contributed by atoms with Crippen LogP contribution in [-0.4, -0.2) is 51.1 Å². The molecule has 1 saturated heterocycles. The summed E-state index contributed by atoms with van der Waals surface area (Å²) < 4.78 is 0. The number of carbonyl (C=O) groups excluding carboxylic acids is 1. The Labute approximate surface area is 126 Å². The van der Waals surface area contributed by atoms with Crippen LogP contribution in [0.4, 0.5) is 11.4 Å². The van der Waals surface area contributed by atoms with E-state index in [0.717, 1.165) is 24.3 Å². The van der Waals surface area contributed by atoms with Crippen LogP contribution < -0.4 is 15.5 Å². The maximum Gasteiger partial charge on any atom is 0.246 e. The Hall–Kier alpha value is -1.59. The standard InChI is InChI=1S/C16H24N4O/c1-17-15-13-7-6-11(9-14(13)18-16(15)21)20-8-4-5-12(20)10-19(2)3/h6-7,9,12,15,17H,4-5,8,10H2,1-3H3,(H,18,21). The van der Waals surface area contributed by atoms with E-state index < -0.39 is 0 Å². The highest BCUT2D eigenvalue weighted by Crippen LogP contribution is 2.35. The molecule has 2 atom stereocenters. The Morgan fingerprint density at radius 2 is 2.24 bits per heavy atom. The number of fused-ring (bicyclic) bond motifs is 1. The summed E-state index contributed by atoms with van der Waals surface area (Å²) in [4.78, 5) is 16.6. The number of nitrogens with one attached hydrogen (secondary N) is 2. The van der Waals surface area contributed by atoms with E-state index in [-0.39, 0.29) is 11.9 Å². The molecule has 0 saturated carbocycles. The Morgan fingerprint density at radius 1 is 1.43 bits per heavy atom. The topological polar surface area (TPSA) is 47.6 Å². The highest BCUT2D eigenvalue weighted by atomic mass is 16.2. The van der Waals surface area contributed by atoms with E-state index in [1.165, 1.54) is 18.5 Å². The van der Waals surface area contributed by atoms with Crippen molar-refractivity contribution >= 4 is 17.3 Å². The van der Waals surface area contributed by atoms with Crippen molar-refractivity contribution in [2.75, 3.05) is 44.4 Å². The highest BCUT2D eigenvalue weighted by Gasteiger charge is 2.31. The maximum absolute atomic E-state index is 11.9. The predicted octanol–water partition coefficient (Wildman–Crippen LogP) is 1.43. The summed E-state index contributed by atoms with van der Waals surface area (Å²) in [5, 5.41) is 6.04. The molecule has 2 heterocycles. The fourth-order valence-corrected chi connectivity index (χ4v) is 3.50. The molecule has 0 radical (unpaired) electrons. The smallest absolute Gasteiger partial charge is 0.246 e. The second-order valence-electron chi connectivity index (χ2n) is 6.23. The van der Waals surface area contributed by atoms with Crippen LogP contribution in [0.3, 0.4) is 0 Å². The number of hydrogen-bond acceptors (Lipinski definition) is 4. The third-order valence-electron chi connectivity index (χ3n) is 4.44. The zero-order chi connectivity index (χ0) is 15.0. The van der Waals surface area contributed by atoms with E-state index in [4.69, 9.17) is 0 Å². The lowest BCUT2D eigenvalue weighted by Gasteiger charge is -2.29. The molecule has 0 bridgehead atoms. The van der Waals surface area contributed by atoms with Crippen LogP contribution in [0.25, 0.3) is 0 Å². The van der Waals surface area contributed by atoms with E-state index in [9.17, 15) is 4.79 Å². The average Bonchev–Trinajstić information content (AvgIpc) is 3.00. The summed E-state index contributed by atoms with van der Waals surface area (Å²) in [6, 6.07) is 6.70. The molecule has 1 amide bonds. The lowest BCUT2D eigenvalue weighted by molar-refractivity contribution is -0.117. The first-order valence-corrected chi connectivity index (χ1v) is 7.63. The first kappa shape index (κ1) is 14.4. The number of anilines is 2. The van der Waals surface area contributed by atoms with Crippen molar-refractivity contribution in [1.82, 2.24) is 10.2 Å². The van der Waals surface area contributed by atoms with Gasteiger partial charge in [-0.25, -0.2) is 0 Å². The molecule has 0 spiro atoms. The van der Waals surface area contributed by atoms with Crippen LogP contribution in [0.15, 0.2) is 18.2 Å². The van der Waals surface area contributed by atoms with Crippen molar-refractivity contribution in [3.8, 4) is 0 Å². The van der Waals surface area contributed by atoms with Crippen molar-refractivity contribution in [2.45, 2.75) is 24.9 Å². The predicted molar refractivity (Wildman–Crippen MR) is 85.8 cm³/mol. The van der Waals surface area contributed by atoms with Crippen molar-refractivity contribution < 1.29 is 4.79 Å². The minimum atomic E-state index is -0.217. The van der Waals surface area contributed by atoms with E-state index in [0.29, 0.717) is 6.04 Å². The number of benzene rings is 1. The van der Waals surface area contributed by atoms with Crippen molar-refractivity contribution in [3.05, 3.63) is 23.8 Å². The number of nitrogens with zero attached hydrogens (tertiary/aromatic N) is 2. The number of amides is 1. The molecule has 2 unspecified atom stereocenters. The van der Waals surface area contributed by atoms with Gasteiger partial charge in [0.25, 0.3) is 0 Å². The largest absolute Gasteiger partial charge is 0.367 e. The molecule has 0 aromatic heterocycles. The van der Waals surface area contributed by atoms with Gasteiger partial charge in [-0.3, -0.25) is 4.79 Å². The van der Waals surface area contributed by atoms with Gasteiger partial charge in [0.05, 0.1) is 0 Å². The minimum absolute atomic E-state index is 0.0379. The van der Waals surface area contributed by atoms with E-state index in [1.807, 2.05) is 7.05 Å².